The molecule has 2 N–H and O–H groups in total. The number of rotatable bonds is 6. The van der Waals surface area contributed by atoms with Crippen LogP contribution in [0.3, 0.4) is 0 Å². The Balaban J connectivity index is 1.49. The van der Waals surface area contributed by atoms with E-state index in [2.05, 4.69) is 5.32 Å². The van der Waals surface area contributed by atoms with Gasteiger partial charge < -0.3 is 34.1 Å². The van der Waals surface area contributed by atoms with Crippen molar-refractivity contribution in [1.29, 1.82) is 0 Å². The molecular formula is C34H45NO10. The molecule has 1 amide bonds. The first-order chi connectivity index (χ1) is 21.3. The lowest BCUT2D eigenvalue weighted by atomic mass is 9.57. The second-order valence-electron chi connectivity index (χ2n) is 13.3. The first kappa shape index (κ1) is 33.1. The molecule has 3 unspecified atom stereocenters. The highest BCUT2D eigenvalue weighted by molar-refractivity contribution is 6.32. The quantitative estimate of drug-likeness (QED) is 0.195. The van der Waals surface area contributed by atoms with Gasteiger partial charge in [0.15, 0.2) is 6.10 Å². The van der Waals surface area contributed by atoms with E-state index in [0.29, 0.717) is 12.0 Å². The van der Waals surface area contributed by atoms with Crippen molar-refractivity contribution >= 4 is 23.8 Å². The van der Waals surface area contributed by atoms with Crippen molar-refractivity contribution in [3.63, 3.8) is 0 Å². The first-order valence-electron chi connectivity index (χ1n) is 15.8. The fraction of sp³-hybridized carbons (Fsp3) is 0.647. The molecule has 0 aromatic rings. The summed E-state index contributed by atoms with van der Waals surface area (Å²) in [5.74, 6) is -4.89. The Morgan fingerprint density at radius 3 is 2.53 bits per heavy atom. The minimum atomic E-state index is -1.07. The molecule has 1 spiro atoms. The number of amides is 1. The molecule has 1 saturated carbocycles. The van der Waals surface area contributed by atoms with Crippen LogP contribution in [-0.4, -0.2) is 84.3 Å². The first-order valence-corrected chi connectivity index (χ1v) is 15.8. The van der Waals surface area contributed by atoms with Crippen molar-refractivity contribution in [2.75, 3.05) is 7.11 Å². The summed E-state index contributed by atoms with van der Waals surface area (Å²) in [6.45, 7) is 10.7. The summed E-state index contributed by atoms with van der Waals surface area (Å²) < 4.78 is 30.1. The number of nitrogens with one attached hydrogen (secondary N) is 1. The highest BCUT2D eigenvalue weighted by Crippen LogP contribution is 2.61. The molecule has 3 aliphatic carbocycles. The maximum absolute atomic E-state index is 13.5. The minimum absolute atomic E-state index is 0.198. The zero-order chi connectivity index (χ0) is 32.8. The highest BCUT2D eigenvalue weighted by atomic mass is 16.6. The van der Waals surface area contributed by atoms with Crippen molar-refractivity contribution in [3.05, 3.63) is 47.6 Å². The molecule has 0 aromatic heterocycles. The number of esters is 3. The lowest BCUT2D eigenvalue weighted by molar-refractivity contribution is -0.180. The number of hydrogen-bond donors (Lipinski definition) is 2. The van der Waals surface area contributed by atoms with Gasteiger partial charge in [-0.3, -0.25) is 4.79 Å². The molecule has 45 heavy (non-hydrogen) atoms. The van der Waals surface area contributed by atoms with Gasteiger partial charge in [0.05, 0.1) is 6.10 Å². The van der Waals surface area contributed by atoms with Crippen LogP contribution in [0.4, 0.5) is 0 Å². The van der Waals surface area contributed by atoms with Gasteiger partial charge in [-0.15, -0.1) is 0 Å². The van der Waals surface area contributed by atoms with Gasteiger partial charge in [-0.05, 0) is 46.1 Å². The van der Waals surface area contributed by atoms with E-state index in [1.807, 2.05) is 51.2 Å². The van der Waals surface area contributed by atoms with Gasteiger partial charge in [-0.1, -0.05) is 50.3 Å². The summed E-state index contributed by atoms with van der Waals surface area (Å²) in [6, 6.07) is -0.261. The van der Waals surface area contributed by atoms with Crippen molar-refractivity contribution in [1.82, 2.24) is 5.32 Å². The summed E-state index contributed by atoms with van der Waals surface area (Å²) >= 11 is 0. The Labute approximate surface area is 264 Å². The van der Waals surface area contributed by atoms with E-state index in [-0.39, 0.29) is 30.2 Å². The summed E-state index contributed by atoms with van der Waals surface area (Å²) in [7, 11) is 1.42. The average molecular weight is 628 g/mol. The largest absolute Gasteiger partial charge is 0.456 e. The van der Waals surface area contributed by atoms with E-state index >= 15 is 0 Å². The molecular weight excluding hydrogens is 582 g/mol. The van der Waals surface area contributed by atoms with Gasteiger partial charge in [-0.2, -0.15) is 0 Å². The van der Waals surface area contributed by atoms with E-state index in [9.17, 15) is 24.3 Å². The van der Waals surface area contributed by atoms with E-state index in [4.69, 9.17) is 23.7 Å². The van der Waals surface area contributed by atoms with Gasteiger partial charge in [0.1, 0.15) is 30.0 Å². The average Bonchev–Trinajstić information content (AvgIpc) is 3.59. The minimum Gasteiger partial charge on any atom is -0.456 e. The second-order valence-corrected chi connectivity index (χ2v) is 13.3. The number of carbonyl (C=O) groups excluding carboxylic acids is 4. The molecule has 2 heterocycles. The summed E-state index contributed by atoms with van der Waals surface area (Å²) in [5.41, 5.74) is 0.341. The van der Waals surface area contributed by atoms with E-state index in [1.165, 1.54) is 7.11 Å². The third-order valence-corrected chi connectivity index (χ3v) is 10.0. The third-order valence-electron chi connectivity index (χ3n) is 10.0. The molecule has 11 heteroatoms. The molecule has 0 radical (unpaired) electrons. The van der Waals surface area contributed by atoms with Crippen LogP contribution in [0, 0.1) is 29.6 Å². The summed E-state index contributed by atoms with van der Waals surface area (Å²) in [6.07, 6.45) is 7.12. The molecule has 1 saturated heterocycles. The van der Waals surface area contributed by atoms with E-state index in [1.54, 1.807) is 26.8 Å². The molecule has 246 valence electrons. The molecule has 4 bridgehead atoms. The second kappa shape index (κ2) is 12.8. The zero-order valence-corrected chi connectivity index (χ0v) is 26.9. The van der Waals surface area contributed by atoms with Crippen LogP contribution in [0.5, 0.6) is 0 Å². The number of carbonyl (C=O) groups is 4. The van der Waals surface area contributed by atoms with Crippen LogP contribution in [0.15, 0.2) is 47.6 Å². The molecule has 12 atom stereocenters. The van der Waals surface area contributed by atoms with Gasteiger partial charge in [0.2, 0.25) is 0 Å². The molecule has 2 aliphatic heterocycles. The van der Waals surface area contributed by atoms with E-state index in [0.717, 1.165) is 5.57 Å². The zero-order valence-electron chi connectivity index (χ0n) is 26.9. The van der Waals surface area contributed by atoms with E-state index < -0.39 is 77.9 Å². The summed E-state index contributed by atoms with van der Waals surface area (Å²) in [5, 5.41) is 14.4. The predicted octanol–water partition coefficient (Wildman–Crippen LogP) is 2.72. The molecule has 2 fully saturated rings. The van der Waals surface area contributed by atoms with Crippen molar-refractivity contribution in [2.24, 2.45) is 29.6 Å². The van der Waals surface area contributed by atoms with Crippen LogP contribution >= 0.6 is 0 Å². The predicted molar refractivity (Wildman–Crippen MR) is 161 cm³/mol. The van der Waals surface area contributed by atoms with Crippen molar-refractivity contribution in [3.8, 4) is 0 Å². The normalized spacial score (nSPS) is 40.4. The van der Waals surface area contributed by atoms with Crippen LogP contribution in [0.1, 0.15) is 54.4 Å². The number of aliphatic hydroxyl groups excluding tert-OH is 1. The number of cyclic esters (lactones) is 1. The van der Waals surface area contributed by atoms with Crippen molar-refractivity contribution in [2.45, 2.75) is 103 Å². The Kier molecular flexibility index (Phi) is 9.45. The number of methoxy groups -OCH3 is 1. The SMILES string of the molecule is CO[C@H]1C[C@H]2C=CC3C4C(O)[C@@H](C)[C@@H](OC(=O)C5=CC=CC5)[C@@H]3O[C@]42/C(C)=C/[C@@H](C)[C@@H]([C@@H](C)OC(=O)C(=O)NC(C)C)OC1=O. The Hall–Kier alpha value is -3.28. The number of allylic oxidation sites excluding steroid dienone is 3. The number of ether oxygens (including phenoxy) is 5. The molecule has 0 aromatic carbocycles. The highest BCUT2D eigenvalue weighted by Gasteiger charge is 2.69. The number of hydrogen-bond acceptors (Lipinski definition) is 10. The lowest BCUT2D eigenvalue weighted by Gasteiger charge is -2.49. The van der Waals surface area contributed by atoms with Crippen LogP contribution < -0.4 is 5.32 Å². The van der Waals surface area contributed by atoms with Crippen LogP contribution in [0.25, 0.3) is 0 Å². The lowest BCUT2D eigenvalue weighted by Crippen LogP contribution is -2.57. The Morgan fingerprint density at radius 1 is 1.16 bits per heavy atom. The molecule has 5 aliphatic rings. The Bertz CT molecular complexity index is 1330. The Morgan fingerprint density at radius 2 is 1.89 bits per heavy atom. The third kappa shape index (κ3) is 5.90. The maximum atomic E-state index is 13.5. The smallest absolute Gasteiger partial charge is 0.397 e. The van der Waals surface area contributed by atoms with Crippen molar-refractivity contribution < 1.29 is 48.0 Å². The van der Waals surface area contributed by atoms with Gasteiger partial charge in [0.25, 0.3) is 0 Å². The van der Waals surface area contributed by atoms with Crippen LogP contribution in [0.2, 0.25) is 0 Å². The van der Waals surface area contributed by atoms with Gasteiger partial charge >= 0.3 is 23.8 Å². The summed E-state index contributed by atoms with van der Waals surface area (Å²) in [4.78, 5) is 51.4. The van der Waals surface area contributed by atoms with Gasteiger partial charge in [-0.25, -0.2) is 14.4 Å². The fourth-order valence-electron chi connectivity index (χ4n) is 7.89. The fourth-order valence-corrected chi connectivity index (χ4v) is 7.89. The maximum Gasteiger partial charge on any atom is 0.397 e. The van der Waals surface area contributed by atoms with Crippen LogP contribution in [-0.2, 0) is 42.9 Å². The van der Waals surface area contributed by atoms with Gasteiger partial charge in [0, 0.05) is 48.3 Å². The monoisotopic (exact) mass is 627 g/mol. The molecule has 5 rings (SSSR count). The standard InChI is InChI=1S/C34H45NO10/c1-16(2)35-30(37)33(40)42-20(6)27-17(3)14-18(4)34-22(15-24(41-7)32(39)43-27)12-13-23-25(34)26(36)19(5)28(29(23)45-34)44-31(38)21-10-8-9-11-21/h8-10,12-14,16-17,19-20,22-29,36H,11,15H2,1-7H3,(H,35,37)/b18-14+/t17-,19-,20-,22-,23?,24+,25?,26?,27+,28-,29-,34+/m1/s1. The molecule has 11 nitrogen and oxygen atoms in total. The topological polar surface area (TPSA) is 147 Å². The number of aliphatic hydroxyl groups is 1.